The SMILES string of the molecule is FC(F)C(F)(F)/C=C/Br. The van der Waals surface area contributed by atoms with Gasteiger partial charge in [-0.05, 0) is 11.1 Å². The van der Waals surface area contributed by atoms with Crippen molar-refractivity contribution in [1.82, 2.24) is 0 Å². The Morgan fingerprint density at radius 3 is 1.89 bits per heavy atom. The van der Waals surface area contributed by atoms with Gasteiger partial charge in [0.25, 0.3) is 0 Å². The van der Waals surface area contributed by atoms with Crippen molar-refractivity contribution in [3.05, 3.63) is 11.1 Å². The summed E-state index contributed by atoms with van der Waals surface area (Å²) in [6.07, 6.45) is -3.54. The summed E-state index contributed by atoms with van der Waals surface area (Å²) in [4.78, 5) is 0.708. The van der Waals surface area contributed by atoms with Crippen LogP contribution in [0, 0.1) is 0 Å². The maximum atomic E-state index is 11.7. The van der Waals surface area contributed by atoms with E-state index in [9.17, 15) is 17.6 Å². The minimum absolute atomic E-state index is 0.0949. The lowest BCUT2D eigenvalue weighted by Crippen LogP contribution is -2.22. The number of allylic oxidation sites excluding steroid dienone is 1. The van der Waals surface area contributed by atoms with Gasteiger partial charge in [0.15, 0.2) is 0 Å². The van der Waals surface area contributed by atoms with Crippen molar-refractivity contribution in [1.29, 1.82) is 0 Å². The maximum absolute atomic E-state index is 11.7. The molecule has 54 valence electrons. The Bertz CT molecular complexity index is 109. The van der Waals surface area contributed by atoms with Crippen LogP contribution in [-0.2, 0) is 0 Å². The van der Waals surface area contributed by atoms with E-state index in [1.54, 1.807) is 0 Å². The van der Waals surface area contributed by atoms with E-state index >= 15 is 0 Å². The Hall–Kier alpha value is -0.0600. The van der Waals surface area contributed by atoms with E-state index < -0.39 is 12.3 Å². The first-order chi connectivity index (χ1) is 4.00. The molecule has 0 radical (unpaired) electrons. The molecule has 0 N–H and O–H groups in total. The fraction of sp³-hybridized carbons (Fsp3) is 0.500. The average Bonchev–Trinajstić information content (AvgIpc) is 1.65. The van der Waals surface area contributed by atoms with E-state index in [1.165, 1.54) is 0 Å². The molecule has 0 unspecified atom stereocenters. The predicted octanol–water partition coefficient (Wildman–Crippen LogP) is 2.80. The third-order valence-electron chi connectivity index (χ3n) is 0.576. The van der Waals surface area contributed by atoms with Crippen LogP contribution in [0.4, 0.5) is 17.6 Å². The fourth-order valence-corrected chi connectivity index (χ4v) is 0.509. The van der Waals surface area contributed by atoms with E-state index in [0.29, 0.717) is 4.99 Å². The molecule has 0 aromatic heterocycles. The second-order valence-corrected chi connectivity index (χ2v) is 1.80. The molecule has 0 spiro atoms. The van der Waals surface area contributed by atoms with E-state index in [0.717, 1.165) is 0 Å². The topological polar surface area (TPSA) is 0 Å². The molecule has 0 bridgehead atoms. The molecule has 0 aromatic carbocycles. The van der Waals surface area contributed by atoms with Crippen molar-refractivity contribution in [2.75, 3.05) is 0 Å². The molecule has 0 aliphatic heterocycles. The first-order valence-corrected chi connectivity index (χ1v) is 2.86. The molecule has 0 saturated carbocycles. The van der Waals surface area contributed by atoms with Gasteiger partial charge in [-0.25, -0.2) is 8.78 Å². The van der Waals surface area contributed by atoms with Crippen molar-refractivity contribution in [2.24, 2.45) is 0 Å². The van der Waals surface area contributed by atoms with Crippen LogP contribution in [0.25, 0.3) is 0 Å². The van der Waals surface area contributed by atoms with Crippen molar-refractivity contribution in [2.45, 2.75) is 12.3 Å². The van der Waals surface area contributed by atoms with Gasteiger partial charge in [0.2, 0.25) is 0 Å². The summed E-state index contributed by atoms with van der Waals surface area (Å²) in [5.41, 5.74) is 0. The van der Waals surface area contributed by atoms with Crippen LogP contribution in [0.2, 0.25) is 0 Å². The highest BCUT2D eigenvalue weighted by Gasteiger charge is 2.37. The highest BCUT2D eigenvalue weighted by atomic mass is 79.9. The molecule has 9 heavy (non-hydrogen) atoms. The zero-order chi connectivity index (χ0) is 7.49. The van der Waals surface area contributed by atoms with Crippen LogP contribution in [0.3, 0.4) is 0 Å². The summed E-state index contributed by atoms with van der Waals surface area (Å²) in [5, 5.41) is 0. The lowest BCUT2D eigenvalue weighted by Gasteiger charge is -2.07. The van der Waals surface area contributed by atoms with Crippen molar-refractivity contribution in [3.8, 4) is 0 Å². The first kappa shape index (κ1) is 8.94. The highest BCUT2D eigenvalue weighted by Crippen LogP contribution is 2.24. The molecule has 0 nitrogen and oxygen atoms in total. The molecule has 0 rings (SSSR count). The number of alkyl halides is 4. The average molecular weight is 207 g/mol. The Morgan fingerprint density at radius 2 is 1.78 bits per heavy atom. The van der Waals surface area contributed by atoms with Gasteiger partial charge in [-0.2, -0.15) is 8.78 Å². The molecular formula is C4H3BrF4. The minimum atomic E-state index is -4.01. The van der Waals surface area contributed by atoms with Crippen molar-refractivity contribution < 1.29 is 17.6 Å². The van der Waals surface area contributed by atoms with Crippen LogP contribution in [0.1, 0.15) is 0 Å². The standard InChI is InChI=1S/C4H3BrF4/c5-2-1-4(8,9)3(6)7/h1-3H/b2-1+. The normalized spacial score (nSPS) is 13.6. The summed E-state index contributed by atoms with van der Waals surface area (Å²) in [6.45, 7) is 0. The van der Waals surface area contributed by atoms with E-state index in [4.69, 9.17) is 0 Å². The Labute approximate surface area is 57.7 Å². The summed E-state index contributed by atoms with van der Waals surface area (Å²) >= 11 is 2.46. The van der Waals surface area contributed by atoms with Gasteiger partial charge in [0.05, 0.1) is 0 Å². The lowest BCUT2D eigenvalue weighted by molar-refractivity contribution is -0.0904. The number of hydrogen-bond acceptors (Lipinski definition) is 0. The minimum Gasteiger partial charge on any atom is -0.203 e. The third-order valence-corrected chi connectivity index (χ3v) is 0.840. The predicted molar refractivity (Wildman–Crippen MR) is 29.0 cm³/mol. The monoisotopic (exact) mass is 206 g/mol. The molecule has 0 saturated heterocycles. The van der Waals surface area contributed by atoms with Crippen molar-refractivity contribution >= 4 is 15.9 Å². The Kier molecular flexibility index (Phi) is 3.17. The van der Waals surface area contributed by atoms with Gasteiger partial charge in [0, 0.05) is 0 Å². The Morgan fingerprint density at radius 1 is 1.33 bits per heavy atom. The largest absolute Gasteiger partial charge is 0.326 e. The molecular weight excluding hydrogens is 204 g/mol. The number of hydrogen-bond donors (Lipinski definition) is 0. The van der Waals surface area contributed by atoms with Crippen LogP contribution in [0.5, 0.6) is 0 Å². The van der Waals surface area contributed by atoms with Gasteiger partial charge in [-0.1, -0.05) is 15.9 Å². The van der Waals surface area contributed by atoms with Crippen LogP contribution < -0.4 is 0 Å². The quantitative estimate of drug-likeness (QED) is 0.610. The zero-order valence-corrected chi connectivity index (χ0v) is 5.71. The molecule has 0 atom stereocenters. The number of rotatable bonds is 2. The van der Waals surface area contributed by atoms with Crippen LogP contribution in [0.15, 0.2) is 11.1 Å². The summed E-state index contributed by atoms with van der Waals surface area (Å²) in [6, 6.07) is 0. The van der Waals surface area contributed by atoms with Crippen LogP contribution in [-0.4, -0.2) is 12.3 Å². The maximum Gasteiger partial charge on any atom is 0.326 e. The molecule has 0 aliphatic carbocycles. The zero-order valence-electron chi connectivity index (χ0n) is 4.12. The molecule has 0 aliphatic rings. The molecule has 5 heteroatoms. The van der Waals surface area contributed by atoms with Crippen molar-refractivity contribution in [3.63, 3.8) is 0 Å². The highest BCUT2D eigenvalue weighted by molar-refractivity contribution is 9.11. The molecule has 0 fully saturated rings. The van der Waals surface area contributed by atoms with Gasteiger partial charge in [0.1, 0.15) is 0 Å². The lowest BCUT2D eigenvalue weighted by atomic mass is 10.3. The smallest absolute Gasteiger partial charge is 0.203 e. The summed E-state index contributed by atoms with van der Waals surface area (Å²) in [5.74, 6) is -4.01. The number of halogens is 5. The molecule has 0 heterocycles. The van der Waals surface area contributed by atoms with Crippen LogP contribution >= 0.6 is 15.9 Å². The summed E-state index contributed by atoms with van der Waals surface area (Å²) < 4.78 is 45.7. The summed E-state index contributed by atoms with van der Waals surface area (Å²) in [7, 11) is 0. The van der Waals surface area contributed by atoms with Gasteiger partial charge >= 0.3 is 12.3 Å². The third kappa shape index (κ3) is 2.84. The molecule has 0 amide bonds. The van der Waals surface area contributed by atoms with E-state index in [-0.39, 0.29) is 6.08 Å². The van der Waals surface area contributed by atoms with Gasteiger partial charge < -0.3 is 0 Å². The second-order valence-electron chi connectivity index (χ2n) is 1.27. The molecule has 0 aromatic rings. The Balaban J connectivity index is 4.01. The second kappa shape index (κ2) is 3.20. The fourth-order valence-electron chi connectivity index (χ4n) is 0.157. The van der Waals surface area contributed by atoms with Gasteiger partial charge in [-0.3, -0.25) is 0 Å². The van der Waals surface area contributed by atoms with E-state index in [1.807, 2.05) is 0 Å². The van der Waals surface area contributed by atoms with E-state index in [2.05, 4.69) is 15.9 Å². The first-order valence-electron chi connectivity index (χ1n) is 1.94. The van der Waals surface area contributed by atoms with Gasteiger partial charge in [-0.15, -0.1) is 0 Å².